The van der Waals surface area contributed by atoms with Gasteiger partial charge >= 0.3 is 0 Å². The van der Waals surface area contributed by atoms with Crippen LogP contribution in [0.4, 0.5) is 0 Å². The summed E-state index contributed by atoms with van der Waals surface area (Å²) in [5, 5.41) is 0. The maximum absolute atomic E-state index is 12.3. The molecule has 0 bridgehead atoms. The number of aliphatic imine (C=N–C) groups is 1. The molecule has 5 heteroatoms. The number of carbonyl (C=O) groups is 1. The van der Waals surface area contributed by atoms with Gasteiger partial charge in [0.25, 0.3) is 0 Å². The molecule has 1 aromatic carbocycles. The molecule has 2 aliphatic heterocycles. The summed E-state index contributed by atoms with van der Waals surface area (Å²) in [4.78, 5) is 17.0. The third-order valence-corrected chi connectivity index (χ3v) is 7.09. The van der Waals surface area contributed by atoms with Crippen molar-refractivity contribution in [2.24, 2.45) is 4.99 Å². The van der Waals surface area contributed by atoms with Gasteiger partial charge in [0.2, 0.25) is 5.90 Å². The Kier molecular flexibility index (Phi) is 11.6. The summed E-state index contributed by atoms with van der Waals surface area (Å²) in [6.07, 6.45) is 15.6. The molecule has 3 rings (SSSR count). The maximum Gasteiger partial charge on any atom is 0.216 e. The molecule has 1 saturated heterocycles. The second kappa shape index (κ2) is 14.6. The van der Waals surface area contributed by atoms with Gasteiger partial charge in [-0.25, -0.2) is 4.99 Å². The zero-order chi connectivity index (χ0) is 24.1. The molecular weight excluding hydrogens is 426 g/mol. The van der Waals surface area contributed by atoms with Gasteiger partial charge in [0.05, 0.1) is 19.3 Å². The first-order valence-corrected chi connectivity index (χ1v) is 13.7. The lowest BCUT2D eigenvalue weighted by molar-refractivity contribution is -0.147. The Hall–Kier alpha value is -1.72. The number of nitrogens with zero attached hydrogens (tertiary/aromatic N) is 1. The number of Topliss-reactive ketones (excluding diaryl/α,β-unsaturated/α-hetero) is 1. The lowest BCUT2D eigenvalue weighted by Gasteiger charge is -2.21. The molecule has 190 valence electrons. The summed E-state index contributed by atoms with van der Waals surface area (Å²) in [5.74, 6) is 0.768. The summed E-state index contributed by atoms with van der Waals surface area (Å²) in [7, 11) is 0. The van der Waals surface area contributed by atoms with E-state index in [-0.39, 0.29) is 17.9 Å². The molecule has 2 aliphatic rings. The topological polar surface area (TPSA) is 57.1 Å². The summed E-state index contributed by atoms with van der Waals surface area (Å²) < 4.78 is 17.3. The largest absolute Gasteiger partial charge is 0.472 e. The van der Waals surface area contributed by atoms with Gasteiger partial charge in [-0.1, -0.05) is 69.6 Å². The molecule has 0 unspecified atom stereocenters. The van der Waals surface area contributed by atoms with Crippen LogP contribution in [0.2, 0.25) is 0 Å². The van der Waals surface area contributed by atoms with Gasteiger partial charge in [-0.15, -0.1) is 0 Å². The van der Waals surface area contributed by atoms with E-state index in [1.807, 2.05) is 30.3 Å². The molecule has 5 nitrogen and oxygen atoms in total. The predicted molar refractivity (Wildman–Crippen MR) is 137 cm³/mol. The molecule has 0 saturated carbocycles. The van der Waals surface area contributed by atoms with Gasteiger partial charge in [0, 0.05) is 24.8 Å². The van der Waals surface area contributed by atoms with E-state index in [9.17, 15) is 4.79 Å². The highest BCUT2D eigenvalue weighted by Crippen LogP contribution is 2.25. The number of benzene rings is 1. The summed E-state index contributed by atoms with van der Waals surface area (Å²) in [6.45, 7) is 5.62. The fourth-order valence-corrected chi connectivity index (χ4v) is 4.88. The summed E-state index contributed by atoms with van der Waals surface area (Å²) in [6, 6.07) is 10.1. The molecule has 0 radical (unpaired) electrons. The highest BCUT2D eigenvalue weighted by atomic mass is 16.7. The lowest BCUT2D eigenvalue weighted by Crippen LogP contribution is -2.24. The Morgan fingerprint density at radius 2 is 1.47 bits per heavy atom. The minimum atomic E-state index is -0.315. The fourth-order valence-electron chi connectivity index (χ4n) is 4.88. The normalized spacial score (nSPS) is 21.4. The quantitative estimate of drug-likeness (QED) is 0.229. The molecule has 0 aliphatic carbocycles. The minimum Gasteiger partial charge on any atom is -0.472 e. The van der Waals surface area contributed by atoms with E-state index in [0.29, 0.717) is 24.5 Å². The molecule has 2 atom stereocenters. The van der Waals surface area contributed by atoms with Gasteiger partial charge in [-0.3, -0.25) is 4.79 Å². The highest BCUT2D eigenvalue weighted by Gasteiger charge is 2.30. The van der Waals surface area contributed by atoms with Crippen molar-refractivity contribution < 1.29 is 19.0 Å². The van der Waals surface area contributed by atoms with E-state index in [4.69, 9.17) is 14.2 Å². The van der Waals surface area contributed by atoms with Crippen LogP contribution in [0, 0.1) is 0 Å². The van der Waals surface area contributed by atoms with E-state index in [2.05, 4.69) is 18.8 Å². The Labute approximate surface area is 206 Å². The molecule has 0 spiro atoms. The van der Waals surface area contributed by atoms with Crippen molar-refractivity contribution in [2.75, 3.05) is 13.2 Å². The van der Waals surface area contributed by atoms with Crippen LogP contribution in [0.25, 0.3) is 0 Å². The third kappa shape index (κ3) is 9.50. The first-order chi connectivity index (χ1) is 16.6. The Morgan fingerprint density at radius 3 is 2.12 bits per heavy atom. The van der Waals surface area contributed by atoms with Crippen molar-refractivity contribution in [2.45, 2.75) is 122 Å². The third-order valence-electron chi connectivity index (χ3n) is 7.09. The smallest absolute Gasteiger partial charge is 0.216 e. The zero-order valence-electron chi connectivity index (χ0n) is 21.4. The van der Waals surface area contributed by atoms with E-state index >= 15 is 0 Å². The average Bonchev–Trinajstić information content (AvgIpc) is 3.44. The lowest BCUT2D eigenvalue weighted by atomic mass is 10.0. The number of ketones is 1. The number of ether oxygens (including phenoxy) is 3. The van der Waals surface area contributed by atoms with Gasteiger partial charge in [-0.05, 0) is 45.2 Å². The van der Waals surface area contributed by atoms with Gasteiger partial charge in [0.15, 0.2) is 5.79 Å². The number of unbranched alkanes of at least 4 members (excludes halogenated alkanes) is 9. The summed E-state index contributed by atoms with van der Waals surface area (Å²) >= 11 is 0. The molecule has 2 heterocycles. The van der Waals surface area contributed by atoms with E-state index in [1.165, 1.54) is 57.8 Å². The number of hydrogen-bond donors (Lipinski definition) is 0. The van der Waals surface area contributed by atoms with Crippen LogP contribution in [0.1, 0.15) is 109 Å². The van der Waals surface area contributed by atoms with Crippen LogP contribution in [0.3, 0.4) is 0 Å². The van der Waals surface area contributed by atoms with Crippen molar-refractivity contribution in [1.82, 2.24) is 0 Å². The first kappa shape index (κ1) is 26.9. The fraction of sp³-hybridized carbons (Fsp3) is 0.724. The van der Waals surface area contributed by atoms with Crippen LogP contribution in [0.15, 0.2) is 35.3 Å². The standard InChI is InChI=1S/C29H45NO4/c1-24-27(34-28(30-24)25-16-12-11-13-17-25)20-19-26(31)18-14-9-7-5-3-4-6-8-10-15-21-29(2)32-22-23-33-29/h11-13,16-17,24,27H,3-10,14-15,18-23H2,1-2H3/t24-,27-/m0/s1. The van der Waals surface area contributed by atoms with Crippen molar-refractivity contribution in [3.05, 3.63) is 35.9 Å². The van der Waals surface area contributed by atoms with Crippen LogP contribution in [-0.2, 0) is 19.0 Å². The number of rotatable bonds is 17. The van der Waals surface area contributed by atoms with Crippen molar-refractivity contribution >= 4 is 11.7 Å². The van der Waals surface area contributed by atoms with E-state index < -0.39 is 0 Å². The molecule has 1 aromatic rings. The van der Waals surface area contributed by atoms with E-state index in [0.717, 1.165) is 38.0 Å². The Balaban J connectivity index is 1.11. The number of carbonyl (C=O) groups excluding carboxylic acids is 1. The zero-order valence-corrected chi connectivity index (χ0v) is 21.4. The highest BCUT2D eigenvalue weighted by molar-refractivity contribution is 5.95. The van der Waals surface area contributed by atoms with Crippen molar-refractivity contribution in [3.8, 4) is 0 Å². The van der Waals surface area contributed by atoms with Crippen molar-refractivity contribution in [1.29, 1.82) is 0 Å². The number of hydrogen-bond acceptors (Lipinski definition) is 5. The van der Waals surface area contributed by atoms with Crippen LogP contribution < -0.4 is 0 Å². The average molecular weight is 472 g/mol. The summed E-state index contributed by atoms with van der Waals surface area (Å²) in [5.41, 5.74) is 1.02. The molecule has 0 aromatic heterocycles. The Morgan fingerprint density at radius 1 is 0.882 bits per heavy atom. The second-order valence-electron chi connectivity index (χ2n) is 10.1. The molecule has 0 N–H and O–H groups in total. The van der Waals surface area contributed by atoms with Gasteiger partial charge < -0.3 is 14.2 Å². The van der Waals surface area contributed by atoms with Crippen LogP contribution >= 0.6 is 0 Å². The van der Waals surface area contributed by atoms with Gasteiger partial charge in [0.1, 0.15) is 11.9 Å². The molecule has 1 fully saturated rings. The molecular formula is C29H45NO4. The van der Waals surface area contributed by atoms with E-state index in [1.54, 1.807) is 0 Å². The SMILES string of the molecule is C[C@@H]1N=C(c2ccccc2)O[C@H]1CCC(=O)CCCCCCCCCCCCC1(C)OCCO1. The Bertz CT molecular complexity index is 742. The maximum atomic E-state index is 12.3. The van der Waals surface area contributed by atoms with Crippen molar-refractivity contribution in [3.63, 3.8) is 0 Å². The second-order valence-corrected chi connectivity index (χ2v) is 10.1. The molecule has 34 heavy (non-hydrogen) atoms. The predicted octanol–water partition coefficient (Wildman–Crippen LogP) is 7.01. The monoisotopic (exact) mass is 471 g/mol. The molecule has 0 amide bonds. The van der Waals surface area contributed by atoms with Crippen LogP contribution in [-0.4, -0.2) is 42.8 Å². The first-order valence-electron chi connectivity index (χ1n) is 13.7. The van der Waals surface area contributed by atoms with Crippen LogP contribution in [0.5, 0.6) is 0 Å². The minimum absolute atomic E-state index is 0.0200. The van der Waals surface area contributed by atoms with Gasteiger partial charge in [-0.2, -0.15) is 0 Å².